The van der Waals surface area contributed by atoms with Gasteiger partial charge in [0.05, 0.1) is 19.5 Å². The molecule has 1 fully saturated rings. The molecule has 1 aliphatic rings. The number of hydrogen-bond acceptors (Lipinski definition) is 7. The maximum Gasteiger partial charge on any atom is 0.170 e. The monoisotopic (exact) mass is 462 g/mol. The van der Waals surface area contributed by atoms with Crippen LogP contribution in [0.25, 0.3) is 28.1 Å². The van der Waals surface area contributed by atoms with Gasteiger partial charge >= 0.3 is 0 Å². The van der Waals surface area contributed by atoms with Crippen LogP contribution in [0.3, 0.4) is 0 Å². The molecule has 5 rings (SSSR count). The van der Waals surface area contributed by atoms with Gasteiger partial charge in [0.2, 0.25) is 0 Å². The lowest BCUT2D eigenvalue weighted by atomic mass is 10.1. The SMILES string of the molecule is CN(C)c1ccc(-c2nc3c4ncn(CCN5CCOCC5)c4ncn3c2NC(C)(C)C)cc1. The van der Waals surface area contributed by atoms with Crippen LogP contribution in [-0.2, 0) is 11.3 Å². The van der Waals surface area contributed by atoms with Crippen molar-refractivity contribution >= 4 is 28.3 Å². The first kappa shape index (κ1) is 22.6. The summed E-state index contributed by atoms with van der Waals surface area (Å²) in [4.78, 5) is 19.1. The van der Waals surface area contributed by atoms with E-state index in [4.69, 9.17) is 19.7 Å². The van der Waals surface area contributed by atoms with Crippen LogP contribution in [-0.4, -0.2) is 81.3 Å². The number of benzene rings is 1. The number of anilines is 2. The zero-order valence-corrected chi connectivity index (χ0v) is 20.7. The molecular weight excluding hydrogens is 428 g/mol. The van der Waals surface area contributed by atoms with Gasteiger partial charge in [-0.1, -0.05) is 12.1 Å². The molecule has 1 saturated heterocycles. The van der Waals surface area contributed by atoms with E-state index < -0.39 is 0 Å². The average Bonchev–Trinajstić information content (AvgIpc) is 3.39. The van der Waals surface area contributed by atoms with Crippen LogP contribution in [0, 0.1) is 0 Å². The Kier molecular flexibility index (Phi) is 5.91. The Bertz CT molecular complexity index is 1280. The standard InChI is InChI=1S/C25H34N8O/c1-25(2,3)29-24-20(18-6-8-19(9-7-18)30(4)5)28-23-21-22(27-17-33(23)24)32(16-26-21)11-10-31-12-14-34-15-13-31/h6-9,16-17,29H,10-15H2,1-5H3. The summed E-state index contributed by atoms with van der Waals surface area (Å²) in [6.07, 6.45) is 3.75. The normalized spacial score (nSPS) is 15.3. The number of morpholine rings is 1. The number of rotatable bonds is 6. The number of imidazole rings is 2. The van der Waals surface area contributed by atoms with E-state index in [1.165, 1.54) is 0 Å². The lowest BCUT2D eigenvalue weighted by Gasteiger charge is -2.26. The van der Waals surface area contributed by atoms with Crippen LogP contribution in [0.4, 0.5) is 11.5 Å². The van der Waals surface area contributed by atoms with E-state index >= 15 is 0 Å². The van der Waals surface area contributed by atoms with E-state index in [1.807, 2.05) is 31.2 Å². The molecule has 9 heteroatoms. The van der Waals surface area contributed by atoms with Gasteiger partial charge in [-0.25, -0.2) is 15.0 Å². The summed E-state index contributed by atoms with van der Waals surface area (Å²) in [6, 6.07) is 8.48. The topological polar surface area (TPSA) is 75.8 Å². The van der Waals surface area contributed by atoms with Crippen molar-refractivity contribution < 1.29 is 4.74 Å². The molecule has 4 heterocycles. The first-order valence-corrected chi connectivity index (χ1v) is 11.9. The second-order valence-electron chi connectivity index (χ2n) is 10.1. The second-order valence-corrected chi connectivity index (χ2v) is 10.1. The Labute approximate surface area is 200 Å². The summed E-state index contributed by atoms with van der Waals surface area (Å²) in [7, 11) is 4.09. The van der Waals surface area contributed by atoms with E-state index in [2.05, 4.69) is 64.7 Å². The molecule has 0 bridgehead atoms. The summed E-state index contributed by atoms with van der Waals surface area (Å²) in [5.41, 5.74) is 5.47. The minimum Gasteiger partial charge on any atom is -0.379 e. The molecule has 1 aliphatic heterocycles. The lowest BCUT2D eigenvalue weighted by Crippen LogP contribution is -2.38. The van der Waals surface area contributed by atoms with Gasteiger partial charge in [0.25, 0.3) is 0 Å². The molecule has 180 valence electrons. The van der Waals surface area contributed by atoms with Crippen molar-refractivity contribution in [3.63, 3.8) is 0 Å². The highest BCUT2D eigenvalue weighted by molar-refractivity contribution is 5.90. The lowest BCUT2D eigenvalue weighted by molar-refractivity contribution is 0.0365. The molecule has 3 aromatic heterocycles. The van der Waals surface area contributed by atoms with Crippen molar-refractivity contribution in [2.45, 2.75) is 32.9 Å². The fourth-order valence-corrected chi connectivity index (χ4v) is 4.32. The second kappa shape index (κ2) is 8.88. The molecule has 4 aromatic rings. The van der Waals surface area contributed by atoms with Crippen molar-refractivity contribution in [1.82, 2.24) is 28.8 Å². The van der Waals surface area contributed by atoms with E-state index in [0.29, 0.717) is 0 Å². The van der Waals surface area contributed by atoms with Gasteiger partial charge in [0.15, 0.2) is 16.8 Å². The summed E-state index contributed by atoms with van der Waals surface area (Å²) < 4.78 is 9.62. The molecule has 0 amide bonds. The predicted molar refractivity (Wildman–Crippen MR) is 137 cm³/mol. The number of aromatic nitrogens is 5. The van der Waals surface area contributed by atoms with Gasteiger partial charge < -0.3 is 19.5 Å². The Morgan fingerprint density at radius 1 is 0.971 bits per heavy atom. The van der Waals surface area contributed by atoms with Gasteiger partial charge in [-0.2, -0.15) is 0 Å². The highest BCUT2D eigenvalue weighted by Crippen LogP contribution is 2.33. The Hall–Kier alpha value is -3.17. The number of ether oxygens (including phenoxy) is 1. The zero-order valence-electron chi connectivity index (χ0n) is 20.7. The molecule has 1 aromatic carbocycles. The van der Waals surface area contributed by atoms with Crippen LogP contribution in [0.5, 0.6) is 0 Å². The zero-order chi connectivity index (χ0) is 23.9. The fraction of sp³-hybridized carbons (Fsp3) is 0.480. The first-order valence-electron chi connectivity index (χ1n) is 11.9. The van der Waals surface area contributed by atoms with Crippen molar-refractivity contribution in [2.75, 3.05) is 57.2 Å². The van der Waals surface area contributed by atoms with Gasteiger partial charge in [-0.15, -0.1) is 0 Å². The van der Waals surface area contributed by atoms with Crippen molar-refractivity contribution in [3.05, 3.63) is 36.9 Å². The number of fused-ring (bicyclic) bond motifs is 3. The van der Waals surface area contributed by atoms with Gasteiger partial charge in [-0.3, -0.25) is 9.30 Å². The minimum absolute atomic E-state index is 0.138. The molecule has 0 radical (unpaired) electrons. The third kappa shape index (κ3) is 4.45. The predicted octanol–water partition coefficient (Wildman–Crippen LogP) is 3.35. The van der Waals surface area contributed by atoms with Gasteiger partial charge in [0.1, 0.15) is 17.8 Å². The van der Waals surface area contributed by atoms with Crippen LogP contribution in [0.1, 0.15) is 20.8 Å². The largest absolute Gasteiger partial charge is 0.379 e. The van der Waals surface area contributed by atoms with Crippen molar-refractivity contribution in [1.29, 1.82) is 0 Å². The molecule has 0 unspecified atom stereocenters. The molecule has 0 spiro atoms. The molecular formula is C25H34N8O. The van der Waals surface area contributed by atoms with Crippen LogP contribution in [0.2, 0.25) is 0 Å². The third-order valence-corrected chi connectivity index (χ3v) is 6.14. The van der Waals surface area contributed by atoms with Crippen LogP contribution in [0.15, 0.2) is 36.9 Å². The summed E-state index contributed by atoms with van der Waals surface area (Å²) in [5, 5.41) is 3.65. The van der Waals surface area contributed by atoms with Crippen molar-refractivity contribution in [3.8, 4) is 11.3 Å². The molecule has 0 aliphatic carbocycles. The fourth-order valence-electron chi connectivity index (χ4n) is 4.32. The van der Waals surface area contributed by atoms with E-state index in [0.717, 1.165) is 79.0 Å². The van der Waals surface area contributed by atoms with E-state index in [-0.39, 0.29) is 5.54 Å². The summed E-state index contributed by atoms with van der Waals surface area (Å²) >= 11 is 0. The highest BCUT2D eigenvalue weighted by Gasteiger charge is 2.22. The minimum atomic E-state index is -0.138. The first-order chi connectivity index (χ1) is 16.3. The molecule has 9 nitrogen and oxygen atoms in total. The van der Waals surface area contributed by atoms with E-state index in [9.17, 15) is 0 Å². The van der Waals surface area contributed by atoms with Gasteiger partial charge in [0, 0.05) is 57.1 Å². The maximum atomic E-state index is 5.47. The van der Waals surface area contributed by atoms with Crippen LogP contribution < -0.4 is 10.2 Å². The maximum absolute atomic E-state index is 5.47. The smallest absolute Gasteiger partial charge is 0.170 e. The average molecular weight is 463 g/mol. The Balaban J connectivity index is 1.55. The van der Waals surface area contributed by atoms with Crippen molar-refractivity contribution in [2.24, 2.45) is 0 Å². The molecule has 0 saturated carbocycles. The van der Waals surface area contributed by atoms with Gasteiger partial charge in [-0.05, 0) is 32.9 Å². The molecule has 34 heavy (non-hydrogen) atoms. The molecule has 0 atom stereocenters. The van der Waals surface area contributed by atoms with Crippen LogP contribution >= 0.6 is 0 Å². The number of nitrogens with one attached hydrogen (secondary N) is 1. The third-order valence-electron chi connectivity index (χ3n) is 6.14. The Morgan fingerprint density at radius 3 is 2.38 bits per heavy atom. The summed E-state index contributed by atoms with van der Waals surface area (Å²) in [6.45, 7) is 11.8. The van der Waals surface area contributed by atoms with E-state index in [1.54, 1.807) is 0 Å². The summed E-state index contributed by atoms with van der Waals surface area (Å²) in [5.74, 6) is 0.928. The number of nitrogens with zero attached hydrogens (tertiary/aromatic N) is 7. The molecule has 1 N–H and O–H groups in total. The quantitative estimate of drug-likeness (QED) is 0.471. The highest BCUT2D eigenvalue weighted by atomic mass is 16.5. The number of hydrogen-bond donors (Lipinski definition) is 1. The Morgan fingerprint density at radius 2 is 1.71 bits per heavy atom.